The zero-order valence-electron chi connectivity index (χ0n) is 61.3. The molecule has 0 saturated heterocycles. The molecule has 0 amide bonds. The van der Waals surface area contributed by atoms with Crippen molar-refractivity contribution in [3.63, 3.8) is 0 Å². The Kier molecular flexibility index (Phi) is 46.1. The Morgan fingerprint density at radius 1 is 0.168 bits per heavy atom. The fourth-order valence-corrected chi connectivity index (χ4v) is 20.4. The zero-order chi connectivity index (χ0) is 66.4. The lowest BCUT2D eigenvalue weighted by Gasteiger charge is -2.13. The van der Waals surface area contributed by atoms with E-state index in [1.54, 1.807) is 0 Å². The van der Waals surface area contributed by atoms with Gasteiger partial charge in [0.15, 0.2) is 29.4 Å². The lowest BCUT2D eigenvalue weighted by Crippen LogP contribution is -2.10. The molecule has 0 bridgehead atoms. The third kappa shape index (κ3) is 36.6. The number of benzene rings is 6. The Bertz CT molecular complexity index is 2490. The van der Waals surface area contributed by atoms with Gasteiger partial charge in [0.1, 0.15) is 17.3 Å². The smallest absolute Gasteiger partial charge is 0.160 e. The number of unbranched alkanes of at least 4 members (excludes halogenated alkanes) is 45. The van der Waals surface area contributed by atoms with Gasteiger partial charge in [-0.15, -0.1) is 0 Å². The second-order valence-electron chi connectivity index (χ2n) is 28.2. The molecule has 6 aromatic carbocycles. The van der Waals surface area contributed by atoms with E-state index >= 15 is 0 Å². The van der Waals surface area contributed by atoms with E-state index < -0.39 is 0 Å². The van der Waals surface area contributed by atoms with Crippen LogP contribution in [0.1, 0.15) is 329 Å². The summed E-state index contributed by atoms with van der Waals surface area (Å²) < 4.78 is 0. The lowest BCUT2D eigenvalue weighted by molar-refractivity contribution is 0.531. The van der Waals surface area contributed by atoms with Crippen molar-refractivity contribution in [1.29, 1.82) is 0 Å². The predicted octanol–water partition coefficient (Wildman–Crippen LogP) is 30.1. The van der Waals surface area contributed by atoms with Crippen molar-refractivity contribution in [2.45, 2.75) is 358 Å². The largest absolute Gasteiger partial charge is 0.356 e. The fraction of sp³-hybridized carbons (Fsp3) is 0.600. The first-order chi connectivity index (χ1) is 47.1. The quantitative estimate of drug-likeness (QED) is 0.0294. The van der Waals surface area contributed by atoms with Gasteiger partial charge >= 0.3 is 0 Å². The molecule has 0 heterocycles. The first-order valence-electron chi connectivity index (χ1n) is 40.3. The third-order valence-corrected chi connectivity index (χ3v) is 26.9. The van der Waals surface area contributed by atoms with Gasteiger partial charge in [-0.25, -0.2) is 0 Å². The van der Waals surface area contributed by atoms with E-state index in [0.29, 0.717) is 0 Å². The maximum Gasteiger partial charge on any atom is 0.160 e. The number of hydrogen-bond donors (Lipinski definition) is 2. The molecule has 2 N–H and O–H groups in total. The Labute approximate surface area is 595 Å². The minimum absolute atomic E-state index is 0.00501. The molecular weight excluding hydrogens is 1210 g/mol. The standard InChI is InChI=1S/C90H139N2S3/c1-4-7-10-13-16-19-22-25-28-31-34-37-40-43-46-55-78-93(85-58-51-49-52-59-85)87-70-62-81(63-71-87)91-83-66-74-89(75-67-83)95(80-57-48-45-42-39-36-33-30-27-24-21-18-15-12-9-6-3)90-76-68-84(69-77-90)92-82-64-72-88(73-65-82)94(86-60-53-50-54-61-86)79-56-47-44-41-38-35-32-29-26-23-20-17-14-11-8-5-2/h49-54,58-77,91-92H,4-48,55-57,78-80H2,1-3H3/q+3. The minimum Gasteiger partial charge on any atom is -0.356 e. The summed E-state index contributed by atoms with van der Waals surface area (Å²) in [7, 11) is 0.163. The molecule has 0 spiro atoms. The lowest BCUT2D eigenvalue weighted by atomic mass is 10.0. The van der Waals surface area contributed by atoms with Crippen LogP contribution in [0.2, 0.25) is 0 Å². The van der Waals surface area contributed by atoms with E-state index in [1.807, 2.05) is 0 Å². The van der Waals surface area contributed by atoms with Crippen LogP contribution < -0.4 is 10.6 Å². The van der Waals surface area contributed by atoms with E-state index in [1.165, 1.54) is 355 Å². The molecule has 0 aliphatic rings. The van der Waals surface area contributed by atoms with Gasteiger partial charge in [-0.05, 0) is 160 Å². The Balaban J connectivity index is 0.979. The molecule has 6 rings (SSSR count). The molecule has 0 saturated carbocycles. The van der Waals surface area contributed by atoms with Gasteiger partial charge in [0.05, 0.1) is 32.7 Å². The van der Waals surface area contributed by atoms with Gasteiger partial charge in [-0.3, -0.25) is 0 Å². The topological polar surface area (TPSA) is 24.1 Å². The van der Waals surface area contributed by atoms with Crippen LogP contribution in [-0.2, 0) is 32.7 Å². The predicted molar refractivity (Wildman–Crippen MR) is 430 cm³/mol. The molecule has 0 aliphatic heterocycles. The Morgan fingerprint density at radius 2 is 0.316 bits per heavy atom. The summed E-state index contributed by atoms with van der Waals surface area (Å²) in [5.74, 6) is 3.68. The molecular formula is C90H139N2S3+3. The summed E-state index contributed by atoms with van der Waals surface area (Å²) in [6.45, 7) is 6.94. The highest BCUT2D eigenvalue weighted by Crippen LogP contribution is 2.33. The summed E-state index contributed by atoms with van der Waals surface area (Å²) in [6.07, 6.45) is 67.7. The molecule has 0 radical (unpaired) electrons. The van der Waals surface area contributed by atoms with Gasteiger partial charge in [0.25, 0.3) is 0 Å². The van der Waals surface area contributed by atoms with Crippen LogP contribution in [0.4, 0.5) is 22.7 Å². The average Bonchev–Trinajstić information content (AvgIpc) is 1.07. The van der Waals surface area contributed by atoms with Gasteiger partial charge in [0.2, 0.25) is 0 Å². The maximum atomic E-state index is 3.80. The molecule has 2 atom stereocenters. The highest BCUT2D eigenvalue weighted by molar-refractivity contribution is 7.97. The van der Waals surface area contributed by atoms with E-state index in [-0.39, 0.29) is 32.7 Å². The number of hydrogen-bond acceptors (Lipinski definition) is 2. The van der Waals surface area contributed by atoms with Gasteiger partial charge < -0.3 is 10.6 Å². The SMILES string of the molecule is CCCCCCCCCCCCCCCCCC[S+](c1ccccc1)c1ccc(Nc2ccc([S+](CCCCCCCCCCCCCCCCCC)c3ccc(Nc4ccc([S+](CCCCCCCCCCCCCCCCCC)c5ccccc5)cc4)cc3)cc2)cc1. The highest BCUT2D eigenvalue weighted by atomic mass is 32.2. The third-order valence-electron chi connectivity index (χ3n) is 19.8. The summed E-state index contributed by atoms with van der Waals surface area (Å²) in [6, 6.07) is 60.4. The van der Waals surface area contributed by atoms with E-state index in [0.717, 1.165) is 22.7 Å². The van der Waals surface area contributed by atoms with Gasteiger partial charge in [-0.2, -0.15) is 0 Å². The minimum atomic E-state index is -0.00501. The van der Waals surface area contributed by atoms with Crippen molar-refractivity contribution in [3.8, 4) is 0 Å². The summed E-state index contributed by atoms with van der Waals surface area (Å²) in [4.78, 5) is 8.74. The second-order valence-corrected chi connectivity index (χ2v) is 34.6. The first-order valence-corrected chi connectivity index (χ1v) is 44.5. The molecule has 2 unspecified atom stereocenters. The molecule has 95 heavy (non-hydrogen) atoms. The average molecular weight is 1350 g/mol. The van der Waals surface area contributed by atoms with Crippen molar-refractivity contribution in [3.05, 3.63) is 158 Å². The van der Waals surface area contributed by atoms with Gasteiger partial charge in [-0.1, -0.05) is 327 Å². The van der Waals surface area contributed by atoms with Crippen molar-refractivity contribution in [2.75, 3.05) is 27.9 Å². The Morgan fingerprint density at radius 3 is 0.484 bits per heavy atom. The van der Waals surface area contributed by atoms with E-state index in [4.69, 9.17) is 0 Å². The van der Waals surface area contributed by atoms with Crippen LogP contribution in [0.25, 0.3) is 0 Å². The molecule has 0 aromatic heterocycles. The monoisotopic (exact) mass is 1340 g/mol. The van der Waals surface area contributed by atoms with Crippen molar-refractivity contribution in [2.24, 2.45) is 0 Å². The summed E-state index contributed by atoms with van der Waals surface area (Å²) >= 11 is 0. The van der Waals surface area contributed by atoms with Crippen LogP contribution in [0.3, 0.4) is 0 Å². The molecule has 6 aromatic rings. The van der Waals surface area contributed by atoms with Crippen molar-refractivity contribution in [1.82, 2.24) is 0 Å². The van der Waals surface area contributed by atoms with E-state index in [9.17, 15) is 0 Å². The maximum absolute atomic E-state index is 3.80. The molecule has 524 valence electrons. The van der Waals surface area contributed by atoms with Crippen molar-refractivity contribution < 1.29 is 0 Å². The normalized spacial score (nSPS) is 12.5. The van der Waals surface area contributed by atoms with Crippen molar-refractivity contribution >= 4 is 55.4 Å². The van der Waals surface area contributed by atoms with Crippen LogP contribution >= 0.6 is 0 Å². The molecule has 0 fully saturated rings. The Hall–Kier alpha value is -4.03. The summed E-state index contributed by atoms with van der Waals surface area (Å²) in [5.41, 5.74) is 4.63. The van der Waals surface area contributed by atoms with Gasteiger partial charge in [0, 0.05) is 22.7 Å². The molecule has 0 aliphatic carbocycles. The second kappa shape index (κ2) is 54.8. The highest BCUT2D eigenvalue weighted by Gasteiger charge is 2.28. The fourth-order valence-electron chi connectivity index (χ4n) is 13.8. The zero-order valence-corrected chi connectivity index (χ0v) is 63.7. The number of rotatable bonds is 61. The van der Waals surface area contributed by atoms with Crippen LogP contribution in [0.15, 0.2) is 187 Å². The molecule has 5 heteroatoms. The first kappa shape index (κ1) is 80.0. The number of anilines is 4. The van der Waals surface area contributed by atoms with Crippen LogP contribution in [-0.4, -0.2) is 17.3 Å². The van der Waals surface area contributed by atoms with Crippen LogP contribution in [0, 0.1) is 0 Å². The molecule has 2 nitrogen and oxygen atoms in total. The number of nitrogens with one attached hydrogen (secondary N) is 2. The summed E-state index contributed by atoms with van der Waals surface area (Å²) in [5, 5.41) is 7.59. The van der Waals surface area contributed by atoms with Crippen LogP contribution in [0.5, 0.6) is 0 Å². The van der Waals surface area contributed by atoms with E-state index in [2.05, 4.69) is 189 Å².